The van der Waals surface area contributed by atoms with E-state index in [0.717, 1.165) is 28.3 Å². The molecular weight excluding hydrogens is 300 g/mol. The van der Waals surface area contributed by atoms with Gasteiger partial charge in [0.1, 0.15) is 0 Å². The van der Waals surface area contributed by atoms with E-state index >= 15 is 0 Å². The summed E-state index contributed by atoms with van der Waals surface area (Å²) in [4.78, 5) is 16.3. The summed E-state index contributed by atoms with van der Waals surface area (Å²) < 4.78 is 1.85. The molecular formula is C19H20N4O. The Hall–Kier alpha value is -2.95. The van der Waals surface area contributed by atoms with Crippen LogP contribution in [0.15, 0.2) is 54.9 Å². The highest BCUT2D eigenvalue weighted by Gasteiger charge is 2.15. The van der Waals surface area contributed by atoms with Gasteiger partial charge in [0.15, 0.2) is 0 Å². The Morgan fingerprint density at radius 1 is 1.12 bits per heavy atom. The Morgan fingerprint density at radius 2 is 1.92 bits per heavy atom. The Morgan fingerprint density at radius 3 is 2.62 bits per heavy atom. The molecule has 0 spiro atoms. The number of aryl methyl sites for hydroxylation is 2. The lowest BCUT2D eigenvalue weighted by atomic mass is 10.1. The molecule has 2 heterocycles. The molecule has 2 aromatic heterocycles. The van der Waals surface area contributed by atoms with E-state index in [4.69, 9.17) is 0 Å². The van der Waals surface area contributed by atoms with Crippen molar-refractivity contribution in [1.29, 1.82) is 0 Å². The summed E-state index contributed by atoms with van der Waals surface area (Å²) in [6.45, 7) is 3.87. The van der Waals surface area contributed by atoms with Gasteiger partial charge in [0, 0.05) is 18.8 Å². The lowest BCUT2D eigenvalue weighted by Crippen LogP contribution is -2.13. The van der Waals surface area contributed by atoms with Gasteiger partial charge < -0.3 is 5.32 Å². The van der Waals surface area contributed by atoms with Gasteiger partial charge in [-0.05, 0) is 44.0 Å². The van der Waals surface area contributed by atoms with Gasteiger partial charge in [-0.15, -0.1) is 0 Å². The number of amides is 1. The zero-order valence-corrected chi connectivity index (χ0v) is 13.9. The largest absolute Gasteiger partial charge is 0.323 e. The highest BCUT2D eigenvalue weighted by molar-refractivity contribution is 5.92. The fraction of sp³-hybridized carbons (Fsp3) is 0.211. The number of carbonyl (C=O) groups excluding carboxylic acids is 1. The van der Waals surface area contributed by atoms with Crippen LogP contribution in [0.3, 0.4) is 0 Å². The summed E-state index contributed by atoms with van der Waals surface area (Å²) in [5, 5.41) is 7.54. The van der Waals surface area contributed by atoms with E-state index in [1.807, 2.05) is 61.0 Å². The van der Waals surface area contributed by atoms with E-state index in [1.165, 1.54) is 0 Å². The molecule has 0 saturated carbocycles. The number of aromatic nitrogens is 3. The van der Waals surface area contributed by atoms with Gasteiger partial charge in [0.25, 0.3) is 0 Å². The molecule has 0 atom stereocenters. The fourth-order valence-corrected chi connectivity index (χ4v) is 2.65. The van der Waals surface area contributed by atoms with Crippen LogP contribution < -0.4 is 5.32 Å². The molecule has 0 bridgehead atoms. The molecule has 0 radical (unpaired) electrons. The number of rotatable bonds is 5. The van der Waals surface area contributed by atoms with Gasteiger partial charge >= 0.3 is 0 Å². The number of hydrogen-bond donors (Lipinski definition) is 1. The minimum absolute atomic E-state index is 0.0161. The number of anilines is 1. The highest BCUT2D eigenvalue weighted by Crippen LogP contribution is 2.23. The van der Waals surface area contributed by atoms with Gasteiger partial charge in [-0.2, -0.15) is 5.10 Å². The third-order valence-electron chi connectivity index (χ3n) is 3.92. The molecule has 0 aliphatic heterocycles. The van der Waals surface area contributed by atoms with Crippen LogP contribution in [-0.4, -0.2) is 20.7 Å². The fourth-order valence-electron chi connectivity index (χ4n) is 2.65. The first kappa shape index (κ1) is 15.9. The van der Waals surface area contributed by atoms with E-state index in [1.54, 1.807) is 12.4 Å². The van der Waals surface area contributed by atoms with Crippen molar-refractivity contribution in [1.82, 2.24) is 14.8 Å². The van der Waals surface area contributed by atoms with Crippen LogP contribution >= 0.6 is 0 Å². The summed E-state index contributed by atoms with van der Waals surface area (Å²) in [6, 6.07) is 13.8. The molecule has 5 nitrogen and oxygen atoms in total. The van der Waals surface area contributed by atoms with Crippen molar-refractivity contribution in [3.05, 3.63) is 71.8 Å². The van der Waals surface area contributed by atoms with Gasteiger partial charge in [-0.1, -0.05) is 24.3 Å². The smallest absolute Gasteiger partial charge is 0.224 e. The monoisotopic (exact) mass is 320 g/mol. The second-order valence-corrected chi connectivity index (χ2v) is 5.70. The van der Waals surface area contributed by atoms with E-state index in [2.05, 4.69) is 15.4 Å². The minimum Gasteiger partial charge on any atom is -0.323 e. The average Bonchev–Trinajstić information content (AvgIpc) is 2.90. The Bertz CT molecular complexity index is 825. The van der Waals surface area contributed by atoms with Crippen molar-refractivity contribution in [3.8, 4) is 5.69 Å². The van der Waals surface area contributed by atoms with Crippen molar-refractivity contribution in [2.24, 2.45) is 0 Å². The number of nitrogens with one attached hydrogen (secondary N) is 1. The van der Waals surface area contributed by atoms with E-state index in [0.29, 0.717) is 12.8 Å². The molecule has 24 heavy (non-hydrogen) atoms. The summed E-state index contributed by atoms with van der Waals surface area (Å²) in [5.41, 5.74) is 4.56. The van der Waals surface area contributed by atoms with Gasteiger partial charge in [0.2, 0.25) is 5.91 Å². The van der Waals surface area contributed by atoms with Crippen LogP contribution in [0.2, 0.25) is 0 Å². The van der Waals surface area contributed by atoms with E-state index in [-0.39, 0.29) is 5.91 Å². The van der Waals surface area contributed by atoms with Crippen molar-refractivity contribution >= 4 is 11.6 Å². The third kappa shape index (κ3) is 3.51. The number of para-hydroxylation sites is 1. The van der Waals surface area contributed by atoms with Crippen LogP contribution in [0, 0.1) is 13.8 Å². The predicted octanol–water partition coefficient (Wildman–Crippen LogP) is 3.46. The van der Waals surface area contributed by atoms with Crippen LogP contribution in [-0.2, 0) is 11.2 Å². The Kier molecular flexibility index (Phi) is 4.70. The standard InChI is InChI=1S/C19H20N4O/c1-14-19(15(2)23(22-14)17-8-4-3-5-9-17)21-18(24)11-10-16-7-6-12-20-13-16/h3-9,12-13H,10-11H2,1-2H3,(H,21,24). The molecule has 0 aliphatic rings. The zero-order valence-electron chi connectivity index (χ0n) is 13.9. The van der Waals surface area contributed by atoms with Crippen molar-refractivity contribution in [3.63, 3.8) is 0 Å². The average molecular weight is 320 g/mol. The van der Waals surface area contributed by atoms with Crippen LogP contribution in [0.1, 0.15) is 23.4 Å². The SMILES string of the molecule is Cc1nn(-c2ccccc2)c(C)c1NC(=O)CCc1cccnc1. The summed E-state index contributed by atoms with van der Waals surface area (Å²) in [5.74, 6) is -0.0161. The quantitative estimate of drug-likeness (QED) is 0.783. The molecule has 0 fully saturated rings. The number of benzene rings is 1. The first-order chi connectivity index (χ1) is 11.6. The zero-order chi connectivity index (χ0) is 16.9. The summed E-state index contributed by atoms with van der Waals surface area (Å²) in [7, 11) is 0. The number of hydrogen-bond acceptors (Lipinski definition) is 3. The maximum atomic E-state index is 12.3. The molecule has 1 amide bonds. The minimum atomic E-state index is -0.0161. The van der Waals surface area contributed by atoms with Gasteiger partial charge in [-0.25, -0.2) is 4.68 Å². The lowest BCUT2D eigenvalue weighted by Gasteiger charge is -2.07. The summed E-state index contributed by atoms with van der Waals surface area (Å²) >= 11 is 0. The first-order valence-corrected chi connectivity index (χ1v) is 7.95. The second-order valence-electron chi connectivity index (χ2n) is 5.70. The van der Waals surface area contributed by atoms with Crippen LogP contribution in [0.25, 0.3) is 5.69 Å². The molecule has 0 saturated heterocycles. The topological polar surface area (TPSA) is 59.8 Å². The molecule has 3 rings (SSSR count). The molecule has 3 aromatic rings. The highest BCUT2D eigenvalue weighted by atomic mass is 16.1. The number of nitrogens with zero attached hydrogens (tertiary/aromatic N) is 3. The molecule has 0 unspecified atom stereocenters. The lowest BCUT2D eigenvalue weighted by molar-refractivity contribution is -0.116. The number of pyridine rings is 1. The van der Waals surface area contributed by atoms with Crippen molar-refractivity contribution < 1.29 is 4.79 Å². The maximum Gasteiger partial charge on any atom is 0.224 e. The van der Waals surface area contributed by atoms with E-state index in [9.17, 15) is 4.79 Å². The molecule has 1 N–H and O–H groups in total. The van der Waals surface area contributed by atoms with Gasteiger partial charge in [-0.3, -0.25) is 9.78 Å². The van der Waals surface area contributed by atoms with Gasteiger partial charge in [0.05, 0.1) is 22.8 Å². The normalized spacial score (nSPS) is 10.6. The number of carbonyl (C=O) groups is 1. The molecule has 122 valence electrons. The third-order valence-corrected chi connectivity index (χ3v) is 3.92. The first-order valence-electron chi connectivity index (χ1n) is 7.95. The van der Waals surface area contributed by atoms with E-state index < -0.39 is 0 Å². The molecule has 0 aliphatic carbocycles. The second kappa shape index (κ2) is 7.08. The molecule has 5 heteroatoms. The maximum absolute atomic E-state index is 12.3. The predicted molar refractivity (Wildman–Crippen MR) is 94.2 cm³/mol. The summed E-state index contributed by atoms with van der Waals surface area (Å²) in [6.07, 6.45) is 4.61. The Labute approximate surface area is 141 Å². The van der Waals surface area contributed by atoms with Crippen molar-refractivity contribution in [2.45, 2.75) is 26.7 Å². The molecule has 1 aromatic carbocycles. The van der Waals surface area contributed by atoms with Crippen molar-refractivity contribution in [2.75, 3.05) is 5.32 Å². The van der Waals surface area contributed by atoms with Crippen LogP contribution in [0.4, 0.5) is 5.69 Å². The van der Waals surface area contributed by atoms with Crippen LogP contribution in [0.5, 0.6) is 0 Å². The Balaban J connectivity index is 1.71.